The number of aliphatic hydroxyl groups is 1. The van der Waals surface area contributed by atoms with E-state index >= 15 is 0 Å². The minimum Gasteiger partial charge on any atom is -0.389 e. The molecule has 5 heteroatoms. The fourth-order valence-corrected chi connectivity index (χ4v) is 1.63. The average molecular weight is 227 g/mol. The molecule has 0 saturated carbocycles. The smallest absolute Gasteiger partial charge is 0.260 e. The molecule has 1 aliphatic heterocycles. The summed E-state index contributed by atoms with van der Waals surface area (Å²) in [6.45, 7) is 1.73. The lowest BCUT2D eigenvalue weighted by atomic mass is 10.1. The number of likely N-dealkylation sites (tertiary alicyclic amines) is 1. The fourth-order valence-electron chi connectivity index (χ4n) is 1.63. The molecule has 3 nitrogen and oxygen atoms in total. The van der Waals surface area contributed by atoms with Gasteiger partial charge in [0.2, 0.25) is 0 Å². The SMILES string of the molecule is Cc1ccc(F)c(C(=O)N2CC(O)C2)c1F. The lowest BCUT2D eigenvalue weighted by molar-refractivity contribution is 0.00525. The molecular formula is C11H11F2NO2. The Morgan fingerprint density at radius 2 is 2.06 bits per heavy atom. The van der Waals surface area contributed by atoms with Crippen molar-refractivity contribution in [2.75, 3.05) is 13.1 Å². The molecule has 0 unspecified atom stereocenters. The Kier molecular flexibility index (Phi) is 2.63. The monoisotopic (exact) mass is 227 g/mol. The Labute approximate surface area is 91.3 Å². The van der Waals surface area contributed by atoms with Crippen molar-refractivity contribution in [1.82, 2.24) is 4.90 Å². The van der Waals surface area contributed by atoms with Crippen LogP contribution in [0.4, 0.5) is 8.78 Å². The van der Waals surface area contributed by atoms with E-state index in [-0.39, 0.29) is 18.7 Å². The summed E-state index contributed by atoms with van der Waals surface area (Å²) in [4.78, 5) is 12.9. The molecule has 0 bridgehead atoms. The van der Waals surface area contributed by atoms with E-state index in [4.69, 9.17) is 5.11 Å². The molecule has 16 heavy (non-hydrogen) atoms. The molecule has 1 fully saturated rings. The Bertz CT molecular complexity index is 442. The van der Waals surface area contributed by atoms with Gasteiger partial charge < -0.3 is 10.0 Å². The molecule has 0 atom stereocenters. The van der Waals surface area contributed by atoms with Gasteiger partial charge in [0, 0.05) is 13.1 Å². The third-order valence-corrected chi connectivity index (χ3v) is 2.65. The van der Waals surface area contributed by atoms with Crippen molar-refractivity contribution in [3.63, 3.8) is 0 Å². The van der Waals surface area contributed by atoms with Crippen LogP contribution in [0.25, 0.3) is 0 Å². The minimum atomic E-state index is -0.866. The van der Waals surface area contributed by atoms with E-state index in [2.05, 4.69) is 0 Å². The number of carbonyl (C=O) groups is 1. The van der Waals surface area contributed by atoms with Crippen LogP contribution in [0.1, 0.15) is 15.9 Å². The number of amides is 1. The highest BCUT2D eigenvalue weighted by atomic mass is 19.1. The predicted octanol–water partition coefficient (Wildman–Crippen LogP) is 1.09. The summed E-state index contributed by atoms with van der Waals surface area (Å²) >= 11 is 0. The summed E-state index contributed by atoms with van der Waals surface area (Å²) in [5.41, 5.74) is -0.308. The van der Waals surface area contributed by atoms with E-state index < -0.39 is 29.2 Å². The Balaban J connectivity index is 2.33. The van der Waals surface area contributed by atoms with Crippen LogP contribution in [0.15, 0.2) is 12.1 Å². The third-order valence-electron chi connectivity index (χ3n) is 2.65. The molecule has 1 amide bonds. The lowest BCUT2D eigenvalue weighted by Crippen LogP contribution is -2.53. The summed E-state index contributed by atoms with van der Waals surface area (Å²) < 4.78 is 26.9. The normalized spacial score (nSPS) is 16.1. The summed E-state index contributed by atoms with van der Waals surface area (Å²) in [5.74, 6) is -2.40. The van der Waals surface area contributed by atoms with Crippen molar-refractivity contribution in [2.24, 2.45) is 0 Å². The first kappa shape index (κ1) is 11.0. The van der Waals surface area contributed by atoms with Gasteiger partial charge in [-0.1, -0.05) is 6.07 Å². The van der Waals surface area contributed by atoms with Gasteiger partial charge in [0.05, 0.1) is 6.10 Å². The van der Waals surface area contributed by atoms with E-state index in [1.165, 1.54) is 17.9 Å². The maximum absolute atomic E-state index is 13.6. The van der Waals surface area contributed by atoms with Crippen LogP contribution in [0.2, 0.25) is 0 Å². The molecule has 1 aliphatic rings. The Hall–Kier alpha value is -1.49. The van der Waals surface area contributed by atoms with Gasteiger partial charge in [-0.05, 0) is 18.6 Å². The van der Waals surface area contributed by atoms with Gasteiger partial charge in [0.15, 0.2) is 0 Å². The average Bonchev–Trinajstić information content (AvgIpc) is 2.19. The number of carbonyl (C=O) groups excluding carboxylic acids is 1. The highest BCUT2D eigenvalue weighted by Gasteiger charge is 2.32. The summed E-state index contributed by atoms with van der Waals surface area (Å²) in [7, 11) is 0. The van der Waals surface area contributed by atoms with Crippen molar-refractivity contribution in [2.45, 2.75) is 13.0 Å². The molecule has 2 rings (SSSR count). The lowest BCUT2D eigenvalue weighted by Gasteiger charge is -2.36. The van der Waals surface area contributed by atoms with Crippen LogP contribution >= 0.6 is 0 Å². The van der Waals surface area contributed by atoms with Gasteiger partial charge in [-0.2, -0.15) is 0 Å². The van der Waals surface area contributed by atoms with Crippen molar-refractivity contribution >= 4 is 5.91 Å². The largest absolute Gasteiger partial charge is 0.389 e. The predicted molar refractivity (Wildman–Crippen MR) is 53.0 cm³/mol. The van der Waals surface area contributed by atoms with Crippen LogP contribution < -0.4 is 0 Å². The van der Waals surface area contributed by atoms with Crippen LogP contribution in [0.3, 0.4) is 0 Å². The summed E-state index contributed by atoms with van der Waals surface area (Å²) in [5, 5.41) is 9.03. The molecule has 1 aromatic carbocycles. The number of β-amino-alcohol motifs (C(OH)–C–C–N with tert-alkyl or cyclic N) is 1. The van der Waals surface area contributed by atoms with E-state index in [0.29, 0.717) is 0 Å². The van der Waals surface area contributed by atoms with Crippen LogP contribution in [-0.2, 0) is 0 Å². The standard InChI is InChI=1S/C11H11F2NO2/c1-6-2-3-8(12)9(10(6)13)11(16)14-4-7(15)5-14/h2-3,7,15H,4-5H2,1H3. The highest BCUT2D eigenvalue weighted by Crippen LogP contribution is 2.20. The molecule has 1 aromatic rings. The molecule has 1 N–H and O–H groups in total. The van der Waals surface area contributed by atoms with Gasteiger partial charge in [-0.15, -0.1) is 0 Å². The molecule has 86 valence electrons. The molecule has 0 radical (unpaired) electrons. The maximum Gasteiger partial charge on any atom is 0.260 e. The number of hydrogen-bond donors (Lipinski definition) is 1. The zero-order valence-electron chi connectivity index (χ0n) is 8.70. The molecule has 1 heterocycles. The zero-order valence-corrected chi connectivity index (χ0v) is 8.70. The molecule has 1 saturated heterocycles. The number of hydrogen-bond acceptors (Lipinski definition) is 2. The minimum absolute atomic E-state index is 0.131. The quantitative estimate of drug-likeness (QED) is 0.780. The van der Waals surface area contributed by atoms with Gasteiger partial charge in [-0.3, -0.25) is 4.79 Å². The Morgan fingerprint density at radius 3 is 2.62 bits per heavy atom. The topological polar surface area (TPSA) is 40.5 Å². The number of rotatable bonds is 1. The summed E-state index contributed by atoms with van der Waals surface area (Å²) in [6, 6.07) is 2.36. The second-order valence-corrected chi connectivity index (χ2v) is 3.92. The van der Waals surface area contributed by atoms with Gasteiger partial charge in [-0.25, -0.2) is 8.78 Å². The number of nitrogens with zero attached hydrogens (tertiary/aromatic N) is 1. The highest BCUT2D eigenvalue weighted by molar-refractivity contribution is 5.95. The molecule has 0 aromatic heterocycles. The second kappa shape index (κ2) is 3.83. The molecular weight excluding hydrogens is 216 g/mol. The van der Waals surface area contributed by atoms with E-state index in [9.17, 15) is 13.6 Å². The number of aliphatic hydroxyl groups excluding tert-OH is 1. The van der Waals surface area contributed by atoms with Gasteiger partial charge >= 0.3 is 0 Å². The van der Waals surface area contributed by atoms with Crippen molar-refractivity contribution in [3.8, 4) is 0 Å². The van der Waals surface area contributed by atoms with Crippen LogP contribution in [0, 0.1) is 18.6 Å². The first-order valence-electron chi connectivity index (χ1n) is 4.92. The molecule has 0 aliphatic carbocycles. The first-order valence-corrected chi connectivity index (χ1v) is 4.92. The van der Waals surface area contributed by atoms with Crippen molar-refractivity contribution < 1.29 is 18.7 Å². The maximum atomic E-state index is 13.6. The van der Waals surface area contributed by atoms with Crippen molar-refractivity contribution in [3.05, 3.63) is 34.9 Å². The molecule has 0 spiro atoms. The first-order chi connectivity index (χ1) is 7.50. The third kappa shape index (κ3) is 1.67. The van der Waals surface area contributed by atoms with Crippen molar-refractivity contribution in [1.29, 1.82) is 0 Å². The van der Waals surface area contributed by atoms with Crippen LogP contribution in [-0.4, -0.2) is 35.1 Å². The van der Waals surface area contributed by atoms with Gasteiger partial charge in [0.25, 0.3) is 5.91 Å². The van der Waals surface area contributed by atoms with E-state index in [1.54, 1.807) is 0 Å². The van der Waals surface area contributed by atoms with Crippen LogP contribution in [0.5, 0.6) is 0 Å². The number of benzene rings is 1. The number of aryl methyl sites for hydroxylation is 1. The number of halogens is 2. The second-order valence-electron chi connectivity index (χ2n) is 3.92. The van der Waals surface area contributed by atoms with E-state index in [0.717, 1.165) is 6.07 Å². The Morgan fingerprint density at radius 1 is 1.44 bits per heavy atom. The zero-order chi connectivity index (χ0) is 11.9. The van der Waals surface area contributed by atoms with Gasteiger partial charge in [0.1, 0.15) is 17.2 Å². The fraction of sp³-hybridized carbons (Fsp3) is 0.364. The summed E-state index contributed by atoms with van der Waals surface area (Å²) in [6.07, 6.45) is -0.583. The van der Waals surface area contributed by atoms with E-state index in [1.807, 2.05) is 0 Å².